The summed E-state index contributed by atoms with van der Waals surface area (Å²) in [6, 6.07) is 16.8. The van der Waals surface area contributed by atoms with Gasteiger partial charge >= 0.3 is 0 Å². The number of unbranched alkanes of at least 4 members (excludes halogenated alkanes) is 3. The van der Waals surface area contributed by atoms with Gasteiger partial charge in [0.05, 0.1) is 31.8 Å². The summed E-state index contributed by atoms with van der Waals surface area (Å²) in [6.07, 6.45) is 6.06. The van der Waals surface area contributed by atoms with Crippen molar-refractivity contribution in [2.75, 3.05) is 46.5 Å². The van der Waals surface area contributed by atoms with E-state index in [1.807, 2.05) is 24.3 Å². The van der Waals surface area contributed by atoms with Crippen LogP contribution in [0.4, 0.5) is 5.69 Å². The lowest BCUT2D eigenvalue weighted by Gasteiger charge is -2.26. The fourth-order valence-electron chi connectivity index (χ4n) is 6.96. The Morgan fingerprint density at radius 1 is 0.863 bits per heavy atom. The number of nitrogens with two attached hydrogens (primary N) is 1. The number of nitro groups is 1. The zero-order chi connectivity index (χ0) is 35.9. The molecule has 1 aliphatic carbocycles. The summed E-state index contributed by atoms with van der Waals surface area (Å²) in [6.45, 7) is 5.26. The first kappa shape index (κ1) is 35.8. The van der Waals surface area contributed by atoms with Gasteiger partial charge in [-0.15, -0.1) is 4.68 Å². The number of aryl methyl sites for hydroxylation is 3. The summed E-state index contributed by atoms with van der Waals surface area (Å²) in [4.78, 5) is 41.4. The number of carbonyl (C=O) groups excluding carboxylic acids is 2. The number of fused-ring (bicyclic) bond motifs is 2. The molecule has 0 atom stereocenters. The maximum atomic E-state index is 13.7. The Morgan fingerprint density at radius 2 is 1.59 bits per heavy atom. The van der Waals surface area contributed by atoms with Gasteiger partial charge in [-0.3, -0.25) is 24.6 Å². The highest BCUT2D eigenvalue weighted by Crippen LogP contribution is 2.34. The molecular weight excluding hydrogens is 652 g/mol. The normalized spacial score (nSPS) is 14.4. The maximum absolute atomic E-state index is 13.7. The number of morpholine rings is 1. The fraction of sp³-hybridized carbons (Fsp3) is 0.421. The number of aromatic nitrogens is 3. The quantitative estimate of drug-likeness (QED) is 0.0512. The van der Waals surface area contributed by atoms with Gasteiger partial charge in [0.25, 0.3) is 5.69 Å². The summed E-state index contributed by atoms with van der Waals surface area (Å²) in [5, 5.41) is 28.8. The SMILES string of the molecule is COc1cc(CCCN2CCOCC2)ccc1-c1ccc(CCn2c3c(n[n+]2[O-])C(=O)c2cc(CCCCCCN)c([N+](=O)[O-])cc2C3=O)cc1. The number of hydrogen-bond donors (Lipinski definition) is 1. The molecule has 268 valence electrons. The highest BCUT2D eigenvalue weighted by Gasteiger charge is 2.41. The first-order valence-electron chi connectivity index (χ1n) is 17.7. The number of methoxy groups -OCH3 is 1. The number of benzene rings is 3. The van der Waals surface area contributed by atoms with E-state index in [1.165, 1.54) is 17.7 Å². The minimum atomic E-state index is -0.633. The Kier molecular flexibility index (Phi) is 11.5. The lowest BCUT2D eigenvalue weighted by Crippen LogP contribution is -2.41. The topological polar surface area (TPSA) is 170 Å². The van der Waals surface area contributed by atoms with E-state index in [4.69, 9.17) is 15.2 Å². The Bertz CT molecular complexity index is 1900. The van der Waals surface area contributed by atoms with E-state index in [2.05, 4.69) is 28.2 Å². The molecule has 0 radical (unpaired) electrons. The van der Waals surface area contributed by atoms with Crippen LogP contribution in [0.25, 0.3) is 11.1 Å². The van der Waals surface area contributed by atoms with Gasteiger partial charge < -0.3 is 20.4 Å². The smallest absolute Gasteiger partial charge is 0.273 e. The van der Waals surface area contributed by atoms with Crippen LogP contribution in [0, 0.1) is 15.3 Å². The van der Waals surface area contributed by atoms with E-state index < -0.39 is 16.5 Å². The average Bonchev–Trinajstić information content (AvgIpc) is 3.49. The van der Waals surface area contributed by atoms with Crippen molar-refractivity contribution in [3.63, 3.8) is 0 Å². The molecule has 0 amide bonds. The van der Waals surface area contributed by atoms with Crippen molar-refractivity contribution in [2.24, 2.45) is 5.73 Å². The monoisotopic (exact) mass is 696 g/mol. The van der Waals surface area contributed by atoms with Gasteiger partial charge in [0.1, 0.15) is 5.75 Å². The molecule has 0 spiro atoms. The zero-order valence-corrected chi connectivity index (χ0v) is 29.0. The molecule has 0 saturated carbocycles. The summed E-state index contributed by atoms with van der Waals surface area (Å²) < 4.78 is 12.3. The van der Waals surface area contributed by atoms with E-state index in [-0.39, 0.29) is 39.7 Å². The van der Waals surface area contributed by atoms with Crippen molar-refractivity contribution in [1.29, 1.82) is 0 Å². The highest BCUT2D eigenvalue weighted by molar-refractivity contribution is 6.27. The number of carbonyl (C=O) groups is 2. The Balaban J connectivity index is 1.14. The molecule has 3 aromatic carbocycles. The predicted octanol–water partition coefficient (Wildman–Crippen LogP) is 4.44. The molecular formula is C38H44N6O7. The molecule has 1 saturated heterocycles. The van der Waals surface area contributed by atoms with Gasteiger partial charge in [-0.1, -0.05) is 49.2 Å². The summed E-state index contributed by atoms with van der Waals surface area (Å²) >= 11 is 0. The largest absolute Gasteiger partial charge is 0.571 e. The molecule has 4 aromatic rings. The molecule has 2 N–H and O–H groups in total. The molecule has 13 nitrogen and oxygen atoms in total. The van der Waals surface area contributed by atoms with Crippen molar-refractivity contribution >= 4 is 17.3 Å². The number of rotatable bonds is 16. The van der Waals surface area contributed by atoms with E-state index >= 15 is 0 Å². The number of nitrogens with zero attached hydrogens (tertiary/aromatic N) is 5. The molecule has 1 fully saturated rings. The third-order valence-corrected chi connectivity index (χ3v) is 9.80. The number of nitro benzene ring substituents is 1. The van der Waals surface area contributed by atoms with Crippen molar-refractivity contribution in [3.8, 4) is 16.9 Å². The van der Waals surface area contributed by atoms with Gasteiger partial charge in [0.2, 0.25) is 17.3 Å². The molecule has 2 heterocycles. The molecule has 0 unspecified atom stereocenters. The summed E-state index contributed by atoms with van der Waals surface area (Å²) in [7, 11) is 1.67. The van der Waals surface area contributed by atoms with Crippen LogP contribution in [0.1, 0.15) is 80.9 Å². The number of hydrogen-bond acceptors (Lipinski definition) is 10. The van der Waals surface area contributed by atoms with Crippen molar-refractivity contribution < 1.29 is 28.9 Å². The standard InChI is InChI=1S/C38H44N6O7/c1-50-34-23-27(7-6-17-41-19-21-51-22-20-41)11-14-30(34)28-12-9-26(10-13-28)15-18-42-36-35(40-44(42)49)37(45)31-24-29(8-4-2-3-5-16-39)33(43(47)48)25-32(31)38(36)46/h9-14,23-25H,2-8,15-22,39H2,1H3. The molecule has 1 aromatic heterocycles. The van der Waals surface area contributed by atoms with Gasteiger partial charge in [-0.05, 0) is 80.4 Å². The maximum Gasteiger partial charge on any atom is 0.273 e. The van der Waals surface area contributed by atoms with Crippen LogP contribution >= 0.6 is 0 Å². The molecule has 0 bridgehead atoms. The molecule has 1 aliphatic heterocycles. The second kappa shape index (κ2) is 16.4. The van der Waals surface area contributed by atoms with Crippen LogP contribution in [0.5, 0.6) is 5.75 Å². The van der Waals surface area contributed by atoms with Crippen molar-refractivity contribution in [2.45, 2.75) is 57.9 Å². The van der Waals surface area contributed by atoms with Crippen LogP contribution in [0.3, 0.4) is 0 Å². The third-order valence-electron chi connectivity index (χ3n) is 9.80. The Hall–Kier alpha value is -4.98. The van der Waals surface area contributed by atoms with Gasteiger partial charge in [0, 0.05) is 51.5 Å². The highest BCUT2D eigenvalue weighted by atomic mass is 16.6. The van der Waals surface area contributed by atoms with Gasteiger partial charge in [0.15, 0.2) is 5.69 Å². The lowest BCUT2D eigenvalue weighted by atomic mass is 9.87. The number of ether oxygens (including phenoxy) is 2. The van der Waals surface area contributed by atoms with Gasteiger partial charge in [-0.25, -0.2) is 0 Å². The summed E-state index contributed by atoms with van der Waals surface area (Å²) in [5.41, 5.74) is 9.33. The molecule has 6 rings (SSSR count). The minimum absolute atomic E-state index is 0.0346. The van der Waals surface area contributed by atoms with Crippen LogP contribution < -0.4 is 15.4 Å². The van der Waals surface area contributed by atoms with Gasteiger partial charge in [-0.2, -0.15) is 0 Å². The van der Waals surface area contributed by atoms with Crippen LogP contribution in [0.2, 0.25) is 0 Å². The minimum Gasteiger partial charge on any atom is -0.571 e. The fourth-order valence-corrected chi connectivity index (χ4v) is 6.96. The Labute approximate surface area is 296 Å². The second-order valence-corrected chi connectivity index (χ2v) is 13.1. The van der Waals surface area contributed by atoms with Crippen LogP contribution in [-0.2, 0) is 30.5 Å². The van der Waals surface area contributed by atoms with E-state index in [9.17, 15) is 24.9 Å². The molecule has 2 aliphatic rings. The predicted molar refractivity (Wildman–Crippen MR) is 190 cm³/mol. The second-order valence-electron chi connectivity index (χ2n) is 13.1. The number of ketones is 2. The third kappa shape index (κ3) is 8.01. The Morgan fingerprint density at radius 3 is 2.31 bits per heavy atom. The van der Waals surface area contributed by atoms with Crippen LogP contribution in [0.15, 0.2) is 54.6 Å². The molecule has 13 heteroatoms. The first-order chi connectivity index (χ1) is 24.8. The van der Waals surface area contributed by atoms with Crippen LogP contribution in [-0.4, -0.2) is 77.7 Å². The van der Waals surface area contributed by atoms with Crippen molar-refractivity contribution in [1.82, 2.24) is 14.7 Å². The lowest BCUT2D eigenvalue weighted by molar-refractivity contribution is -0.749. The van der Waals surface area contributed by atoms with E-state index in [1.54, 1.807) is 7.11 Å². The van der Waals surface area contributed by atoms with E-state index in [0.29, 0.717) is 31.4 Å². The van der Waals surface area contributed by atoms with Crippen molar-refractivity contribution in [3.05, 3.63) is 109 Å². The zero-order valence-electron chi connectivity index (χ0n) is 29.0. The summed E-state index contributed by atoms with van der Waals surface area (Å²) in [5.74, 6) is -0.433. The molecule has 51 heavy (non-hydrogen) atoms. The van der Waals surface area contributed by atoms with E-state index in [0.717, 1.165) is 92.1 Å². The first-order valence-corrected chi connectivity index (χ1v) is 17.7. The average molecular weight is 697 g/mol.